The van der Waals surface area contributed by atoms with Gasteiger partial charge in [-0.05, 0) is 31.5 Å². The van der Waals surface area contributed by atoms with Crippen molar-refractivity contribution < 1.29 is 22.7 Å². The fourth-order valence-electron chi connectivity index (χ4n) is 2.10. The number of aromatic nitrogens is 2. The van der Waals surface area contributed by atoms with Gasteiger partial charge in [0.2, 0.25) is 0 Å². The fourth-order valence-corrected chi connectivity index (χ4v) is 2.50. The number of rotatable bonds is 7. The average Bonchev–Trinajstić information content (AvgIpc) is 2.83. The van der Waals surface area contributed by atoms with Crippen LogP contribution in [-0.4, -0.2) is 35.0 Å². The lowest BCUT2D eigenvalue weighted by Gasteiger charge is -2.10. The second-order valence-corrected chi connectivity index (χ2v) is 6.19. The number of amides is 1. The molecule has 26 heavy (non-hydrogen) atoms. The molecule has 1 aromatic carbocycles. The molecule has 0 fully saturated rings. The number of nitrogens with zero attached hydrogens (tertiary/aromatic N) is 2. The smallest absolute Gasteiger partial charge is 0.422 e. The monoisotopic (exact) mass is 409 g/mol. The molecule has 0 saturated carbocycles. The summed E-state index contributed by atoms with van der Waals surface area (Å²) < 4.78 is 42.7. The second kappa shape index (κ2) is 8.64. The molecular weight excluding hydrogens is 394 g/mol. The van der Waals surface area contributed by atoms with Crippen LogP contribution in [0.3, 0.4) is 0 Å². The summed E-state index contributed by atoms with van der Waals surface area (Å²) >= 11 is 12.0. The van der Waals surface area contributed by atoms with E-state index in [0.717, 1.165) is 0 Å². The van der Waals surface area contributed by atoms with E-state index in [-0.39, 0.29) is 11.3 Å². The number of hydrogen-bond donors (Lipinski definition) is 1. The molecule has 0 aliphatic rings. The SMILES string of the molecule is Cc1nn(CCCNC(=O)c2cccc(OCC(F)(F)F)c2)c(Cl)c1Cl. The predicted molar refractivity (Wildman–Crippen MR) is 91.9 cm³/mol. The molecule has 0 aliphatic heterocycles. The van der Waals surface area contributed by atoms with E-state index in [1.165, 1.54) is 28.9 Å². The molecule has 0 bridgehead atoms. The summed E-state index contributed by atoms with van der Waals surface area (Å²) in [5.74, 6) is -0.438. The van der Waals surface area contributed by atoms with Crippen molar-refractivity contribution in [1.82, 2.24) is 15.1 Å². The van der Waals surface area contributed by atoms with Crippen LogP contribution < -0.4 is 10.1 Å². The van der Waals surface area contributed by atoms with Gasteiger partial charge in [-0.3, -0.25) is 9.48 Å². The minimum Gasteiger partial charge on any atom is -0.484 e. The number of nitrogens with one attached hydrogen (secondary N) is 1. The Bertz CT molecular complexity index is 779. The highest BCUT2D eigenvalue weighted by Crippen LogP contribution is 2.25. The van der Waals surface area contributed by atoms with E-state index >= 15 is 0 Å². The molecule has 0 spiro atoms. The number of benzene rings is 1. The van der Waals surface area contributed by atoms with Gasteiger partial charge in [-0.1, -0.05) is 29.3 Å². The van der Waals surface area contributed by atoms with Gasteiger partial charge < -0.3 is 10.1 Å². The lowest BCUT2D eigenvalue weighted by molar-refractivity contribution is -0.153. The summed E-state index contributed by atoms with van der Waals surface area (Å²) in [5.41, 5.74) is 0.831. The molecular formula is C16H16Cl2F3N3O2. The van der Waals surface area contributed by atoms with Crippen LogP contribution in [0.1, 0.15) is 22.5 Å². The van der Waals surface area contributed by atoms with Crippen molar-refractivity contribution in [2.75, 3.05) is 13.2 Å². The minimum atomic E-state index is -4.44. The van der Waals surface area contributed by atoms with Crippen LogP contribution in [0.25, 0.3) is 0 Å². The van der Waals surface area contributed by atoms with E-state index in [2.05, 4.69) is 15.2 Å². The van der Waals surface area contributed by atoms with Gasteiger partial charge in [-0.25, -0.2) is 0 Å². The molecule has 10 heteroatoms. The zero-order valence-corrected chi connectivity index (χ0v) is 15.3. The van der Waals surface area contributed by atoms with Gasteiger partial charge in [0.25, 0.3) is 5.91 Å². The van der Waals surface area contributed by atoms with Gasteiger partial charge in [0.15, 0.2) is 6.61 Å². The molecule has 0 atom stereocenters. The Kier molecular flexibility index (Phi) is 6.77. The third kappa shape index (κ3) is 5.81. The largest absolute Gasteiger partial charge is 0.484 e. The topological polar surface area (TPSA) is 56.2 Å². The van der Waals surface area contributed by atoms with Crippen molar-refractivity contribution >= 4 is 29.1 Å². The molecule has 0 saturated heterocycles. The van der Waals surface area contributed by atoms with Crippen LogP contribution in [0.2, 0.25) is 10.2 Å². The molecule has 2 rings (SSSR count). The van der Waals surface area contributed by atoms with Crippen molar-refractivity contribution in [2.45, 2.75) is 26.1 Å². The zero-order valence-electron chi connectivity index (χ0n) is 13.7. The molecule has 1 heterocycles. The zero-order chi connectivity index (χ0) is 19.3. The molecule has 1 amide bonds. The number of alkyl halides is 3. The maximum Gasteiger partial charge on any atom is 0.422 e. The highest BCUT2D eigenvalue weighted by Gasteiger charge is 2.28. The molecule has 1 N–H and O–H groups in total. The van der Waals surface area contributed by atoms with Crippen LogP contribution in [0.15, 0.2) is 24.3 Å². The normalized spacial score (nSPS) is 11.5. The van der Waals surface area contributed by atoms with Crippen molar-refractivity contribution in [3.63, 3.8) is 0 Å². The first-order valence-electron chi connectivity index (χ1n) is 7.63. The van der Waals surface area contributed by atoms with E-state index in [9.17, 15) is 18.0 Å². The summed E-state index contributed by atoms with van der Waals surface area (Å²) in [4.78, 5) is 12.1. The Labute approximate surface area is 158 Å². The Morgan fingerprint density at radius 3 is 2.69 bits per heavy atom. The Morgan fingerprint density at radius 2 is 2.08 bits per heavy atom. The first-order chi connectivity index (χ1) is 12.2. The van der Waals surface area contributed by atoms with E-state index in [1.807, 2.05) is 0 Å². The molecule has 0 aliphatic carbocycles. The van der Waals surface area contributed by atoms with Gasteiger partial charge in [0, 0.05) is 18.7 Å². The highest BCUT2D eigenvalue weighted by molar-refractivity contribution is 6.41. The number of aryl methyl sites for hydroxylation is 2. The number of ether oxygens (including phenoxy) is 1. The Balaban J connectivity index is 1.83. The maximum absolute atomic E-state index is 12.2. The average molecular weight is 410 g/mol. The minimum absolute atomic E-state index is 0.0246. The van der Waals surface area contributed by atoms with E-state index < -0.39 is 18.7 Å². The lowest BCUT2D eigenvalue weighted by atomic mass is 10.2. The Morgan fingerprint density at radius 1 is 1.35 bits per heavy atom. The number of halogens is 5. The van der Waals surface area contributed by atoms with Gasteiger partial charge in [0.1, 0.15) is 15.9 Å². The summed E-state index contributed by atoms with van der Waals surface area (Å²) in [6, 6.07) is 5.56. The molecule has 0 radical (unpaired) electrons. The quantitative estimate of drug-likeness (QED) is 0.695. The summed E-state index contributed by atoms with van der Waals surface area (Å²) in [6.07, 6.45) is -3.89. The Hall–Kier alpha value is -1.93. The van der Waals surface area contributed by atoms with Crippen LogP contribution in [0.5, 0.6) is 5.75 Å². The highest BCUT2D eigenvalue weighted by atomic mass is 35.5. The molecule has 2 aromatic rings. The third-order valence-corrected chi connectivity index (χ3v) is 4.26. The van der Waals surface area contributed by atoms with E-state index in [0.29, 0.717) is 35.4 Å². The van der Waals surface area contributed by atoms with Gasteiger partial charge in [0.05, 0.1) is 5.69 Å². The summed E-state index contributed by atoms with van der Waals surface area (Å²) in [5, 5.41) is 7.58. The number of carbonyl (C=O) groups excluding carboxylic acids is 1. The first kappa shape index (κ1) is 20.4. The van der Waals surface area contributed by atoms with Crippen molar-refractivity contribution in [3.05, 3.63) is 45.7 Å². The standard InChI is InChI=1S/C16H16Cl2F3N3O2/c1-10-13(17)14(18)24(23-10)7-3-6-22-15(25)11-4-2-5-12(8-11)26-9-16(19,20)21/h2,4-5,8H,3,6-7,9H2,1H3,(H,22,25). The fraction of sp³-hybridized carbons (Fsp3) is 0.375. The predicted octanol–water partition coefficient (Wildman–Crippen LogP) is 4.26. The number of hydrogen-bond acceptors (Lipinski definition) is 3. The summed E-state index contributed by atoms with van der Waals surface area (Å²) in [7, 11) is 0. The molecule has 1 aromatic heterocycles. The van der Waals surface area contributed by atoms with E-state index in [1.54, 1.807) is 6.92 Å². The van der Waals surface area contributed by atoms with Crippen molar-refractivity contribution in [1.29, 1.82) is 0 Å². The molecule has 5 nitrogen and oxygen atoms in total. The summed E-state index contributed by atoms with van der Waals surface area (Å²) in [6.45, 7) is 1.12. The molecule has 142 valence electrons. The maximum atomic E-state index is 12.2. The third-order valence-electron chi connectivity index (χ3n) is 3.33. The van der Waals surface area contributed by atoms with Crippen LogP contribution in [-0.2, 0) is 6.54 Å². The van der Waals surface area contributed by atoms with Crippen LogP contribution in [0.4, 0.5) is 13.2 Å². The number of carbonyl (C=O) groups is 1. The van der Waals surface area contributed by atoms with E-state index in [4.69, 9.17) is 23.2 Å². The van der Waals surface area contributed by atoms with Crippen LogP contribution >= 0.6 is 23.2 Å². The van der Waals surface area contributed by atoms with Gasteiger partial charge >= 0.3 is 6.18 Å². The van der Waals surface area contributed by atoms with Crippen molar-refractivity contribution in [3.8, 4) is 5.75 Å². The van der Waals surface area contributed by atoms with Crippen molar-refractivity contribution in [2.24, 2.45) is 0 Å². The van der Waals surface area contributed by atoms with Crippen LogP contribution in [0, 0.1) is 6.92 Å². The van der Waals surface area contributed by atoms with Gasteiger partial charge in [-0.2, -0.15) is 18.3 Å². The first-order valence-corrected chi connectivity index (χ1v) is 8.39. The van der Waals surface area contributed by atoms with Gasteiger partial charge in [-0.15, -0.1) is 0 Å². The lowest BCUT2D eigenvalue weighted by Crippen LogP contribution is -2.25. The second-order valence-electron chi connectivity index (χ2n) is 5.45. The molecule has 0 unspecified atom stereocenters.